The topological polar surface area (TPSA) is 44.0 Å². The molecule has 0 rings (SSSR count). The lowest BCUT2D eigenvalue weighted by Crippen LogP contribution is -2.17. The maximum Gasteiger partial charge on any atom is 0.167 e. The van der Waals surface area contributed by atoms with Gasteiger partial charge in [0.15, 0.2) is 5.60 Å². The third-order valence-corrected chi connectivity index (χ3v) is 1.68. The van der Waals surface area contributed by atoms with Crippen molar-refractivity contribution in [3.05, 3.63) is 11.6 Å². The number of allylic oxidation sites excluding steroid dienone is 1. The molecule has 0 heterocycles. The monoisotopic (exact) mass is 167 g/mol. The molecule has 0 bridgehead atoms. The average Bonchev–Trinajstić information content (AvgIpc) is 2.00. The highest BCUT2D eigenvalue weighted by Gasteiger charge is 2.14. The maximum atomic E-state index is 9.36. The lowest BCUT2D eigenvalue weighted by atomic mass is 10.0. The first kappa shape index (κ1) is 11.2. The van der Waals surface area contributed by atoms with Crippen molar-refractivity contribution in [1.82, 2.24) is 0 Å². The van der Waals surface area contributed by atoms with Gasteiger partial charge < -0.3 is 5.11 Å². The first-order valence-corrected chi connectivity index (χ1v) is 4.34. The van der Waals surface area contributed by atoms with Gasteiger partial charge in [0, 0.05) is 0 Å². The third-order valence-electron chi connectivity index (χ3n) is 1.68. The molecule has 0 amide bonds. The lowest BCUT2D eigenvalue weighted by Gasteiger charge is -2.09. The zero-order valence-corrected chi connectivity index (χ0v) is 8.09. The van der Waals surface area contributed by atoms with Crippen molar-refractivity contribution in [2.75, 3.05) is 0 Å². The lowest BCUT2D eigenvalue weighted by molar-refractivity contribution is 0.170. The predicted molar refractivity (Wildman–Crippen MR) is 49.5 cm³/mol. The molecule has 2 nitrogen and oxygen atoms in total. The Morgan fingerprint density at radius 3 is 2.67 bits per heavy atom. The Morgan fingerprint density at radius 2 is 2.25 bits per heavy atom. The van der Waals surface area contributed by atoms with Crippen LogP contribution in [0.15, 0.2) is 11.6 Å². The summed E-state index contributed by atoms with van der Waals surface area (Å²) in [4.78, 5) is 0. The standard InChI is InChI=1S/C10H17NO/c1-4-5-6-9(2)7-10(3,12)8-11/h7,12H,4-6H2,1-3H3/b9-7-. The molecule has 0 aromatic carbocycles. The van der Waals surface area contributed by atoms with E-state index in [0.717, 1.165) is 24.8 Å². The Morgan fingerprint density at radius 1 is 1.67 bits per heavy atom. The van der Waals surface area contributed by atoms with Crippen molar-refractivity contribution in [3.8, 4) is 6.07 Å². The van der Waals surface area contributed by atoms with Crippen LogP contribution in [0.25, 0.3) is 0 Å². The summed E-state index contributed by atoms with van der Waals surface area (Å²) in [6.07, 6.45) is 4.85. The van der Waals surface area contributed by atoms with Crippen LogP contribution < -0.4 is 0 Å². The van der Waals surface area contributed by atoms with Gasteiger partial charge in [-0.05, 0) is 32.8 Å². The molecule has 12 heavy (non-hydrogen) atoms. The fraction of sp³-hybridized carbons (Fsp3) is 0.700. The maximum absolute atomic E-state index is 9.36. The van der Waals surface area contributed by atoms with E-state index in [9.17, 15) is 5.11 Å². The summed E-state index contributed by atoms with van der Waals surface area (Å²) in [6, 6.07) is 1.83. The minimum atomic E-state index is -1.29. The zero-order valence-electron chi connectivity index (χ0n) is 8.09. The van der Waals surface area contributed by atoms with E-state index in [0.29, 0.717) is 0 Å². The molecule has 1 atom stereocenters. The fourth-order valence-electron chi connectivity index (χ4n) is 1.04. The minimum Gasteiger partial charge on any atom is -0.372 e. The highest BCUT2D eigenvalue weighted by molar-refractivity contribution is 5.16. The second-order valence-corrected chi connectivity index (χ2v) is 3.35. The van der Waals surface area contributed by atoms with Crippen LogP contribution in [0.5, 0.6) is 0 Å². The Balaban J connectivity index is 4.08. The Bertz CT molecular complexity index is 198. The Hall–Kier alpha value is -0.810. The summed E-state index contributed by atoms with van der Waals surface area (Å²) in [7, 11) is 0. The normalized spacial score (nSPS) is 16.8. The number of unbranched alkanes of at least 4 members (excludes halogenated alkanes) is 1. The minimum absolute atomic E-state index is 0.967. The van der Waals surface area contributed by atoms with Crippen LogP contribution in [0.4, 0.5) is 0 Å². The van der Waals surface area contributed by atoms with Crippen LogP contribution in [0.3, 0.4) is 0 Å². The molecule has 0 fully saturated rings. The highest BCUT2D eigenvalue weighted by atomic mass is 16.3. The van der Waals surface area contributed by atoms with E-state index < -0.39 is 5.60 Å². The number of hydrogen-bond acceptors (Lipinski definition) is 2. The van der Waals surface area contributed by atoms with Gasteiger partial charge in [-0.1, -0.05) is 18.9 Å². The van der Waals surface area contributed by atoms with Crippen LogP contribution in [-0.2, 0) is 0 Å². The van der Waals surface area contributed by atoms with Crippen LogP contribution in [0.2, 0.25) is 0 Å². The molecule has 0 radical (unpaired) electrons. The number of rotatable bonds is 4. The van der Waals surface area contributed by atoms with E-state index in [-0.39, 0.29) is 0 Å². The average molecular weight is 167 g/mol. The molecular formula is C10H17NO. The van der Waals surface area contributed by atoms with Crippen LogP contribution in [-0.4, -0.2) is 10.7 Å². The molecule has 0 aliphatic rings. The van der Waals surface area contributed by atoms with Crippen LogP contribution >= 0.6 is 0 Å². The summed E-state index contributed by atoms with van der Waals surface area (Å²) in [5, 5.41) is 17.9. The molecule has 0 aliphatic carbocycles. The molecule has 0 aromatic rings. The van der Waals surface area contributed by atoms with Crippen LogP contribution in [0.1, 0.15) is 40.0 Å². The number of nitriles is 1. The van der Waals surface area contributed by atoms with Gasteiger partial charge in [-0.2, -0.15) is 5.26 Å². The van der Waals surface area contributed by atoms with E-state index in [1.807, 2.05) is 13.0 Å². The fourth-order valence-corrected chi connectivity index (χ4v) is 1.04. The van der Waals surface area contributed by atoms with E-state index in [1.54, 1.807) is 6.08 Å². The van der Waals surface area contributed by atoms with Gasteiger partial charge in [0.05, 0.1) is 0 Å². The van der Waals surface area contributed by atoms with Gasteiger partial charge in [-0.25, -0.2) is 0 Å². The van der Waals surface area contributed by atoms with Gasteiger partial charge in [-0.3, -0.25) is 0 Å². The first-order valence-electron chi connectivity index (χ1n) is 4.34. The SMILES string of the molecule is CCCC/C(C)=C\C(C)(O)C#N. The summed E-state index contributed by atoms with van der Waals surface area (Å²) < 4.78 is 0. The second-order valence-electron chi connectivity index (χ2n) is 3.35. The van der Waals surface area contributed by atoms with Gasteiger partial charge in [0.2, 0.25) is 0 Å². The number of aliphatic hydroxyl groups is 1. The van der Waals surface area contributed by atoms with Crippen molar-refractivity contribution >= 4 is 0 Å². The van der Waals surface area contributed by atoms with Gasteiger partial charge in [0.25, 0.3) is 0 Å². The summed E-state index contributed by atoms with van der Waals surface area (Å²) >= 11 is 0. The number of hydrogen-bond donors (Lipinski definition) is 1. The summed E-state index contributed by atoms with van der Waals surface area (Å²) in [5.74, 6) is 0. The molecule has 0 saturated heterocycles. The van der Waals surface area contributed by atoms with E-state index in [2.05, 4.69) is 6.92 Å². The summed E-state index contributed by atoms with van der Waals surface area (Å²) in [5.41, 5.74) is -0.207. The third kappa shape index (κ3) is 4.92. The van der Waals surface area contributed by atoms with Crippen molar-refractivity contribution in [2.45, 2.75) is 45.6 Å². The van der Waals surface area contributed by atoms with E-state index in [4.69, 9.17) is 5.26 Å². The molecule has 0 saturated carbocycles. The van der Waals surface area contributed by atoms with Gasteiger partial charge in [0.1, 0.15) is 6.07 Å². The highest BCUT2D eigenvalue weighted by Crippen LogP contribution is 2.12. The number of nitrogens with zero attached hydrogens (tertiary/aromatic N) is 1. The molecule has 2 heteroatoms. The molecular weight excluding hydrogens is 150 g/mol. The molecule has 1 N–H and O–H groups in total. The molecule has 0 spiro atoms. The van der Waals surface area contributed by atoms with Gasteiger partial charge >= 0.3 is 0 Å². The van der Waals surface area contributed by atoms with Gasteiger partial charge in [-0.15, -0.1) is 0 Å². The van der Waals surface area contributed by atoms with E-state index >= 15 is 0 Å². The Labute approximate surface area is 74.5 Å². The summed E-state index contributed by atoms with van der Waals surface area (Å²) in [6.45, 7) is 5.57. The quantitative estimate of drug-likeness (QED) is 0.516. The molecule has 68 valence electrons. The van der Waals surface area contributed by atoms with E-state index in [1.165, 1.54) is 6.92 Å². The zero-order chi connectivity index (χ0) is 9.61. The van der Waals surface area contributed by atoms with Crippen molar-refractivity contribution in [1.29, 1.82) is 5.26 Å². The largest absolute Gasteiger partial charge is 0.372 e. The Kier molecular flexibility index (Phi) is 4.61. The predicted octanol–water partition coefficient (Wildman–Crippen LogP) is 2.40. The van der Waals surface area contributed by atoms with Crippen LogP contribution in [0, 0.1) is 11.3 Å². The smallest absolute Gasteiger partial charge is 0.167 e. The molecule has 0 aliphatic heterocycles. The van der Waals surface area contributed by atoms with Crippen molar-refractivity contribution < 1.29 is 5.11 Å². The van der Waals surface area contributed by atoms with Crippen molar-refractivity contribution in [2.24, 2.45) is 0 Å². The first-order chi connectivity index (χ1) is 5.52. The molecule has 0 aromatic heterocycles. The van der Waals surface area contributed by atoms with Crippen molar-refractivity contribution in [3.63, 3.8) is 0 Å². The second kappa shape index (κ2) is 4.95. The molecule has 1 unspecified atom stereocenters.